The van der Waals surface area contributed by atoms with Crippen molar-refractivity contribution in [3.8, 4) is 5.75 Å². The number of para-hydroxylation sites is 1. The van der Waals surface area contributed by atoms with Crippen LogP contribution in [0, 0.1) is 0 Å². The number of anilines is 1. The van der Waals surface area contributed by atoms with E-state index in [0.29, 0.717) is 42.7 Å². The third-order valence-corrected chi connectivity index (χ3v) is 6.03. The van der Waals surface area contributed by atoms with Crippen LogP contribution in [0.2, 0.25) is 5.02 Å². The number of piperazine rings is 1. The van der Waals surface area contributed by atoms with Crippen molar-refractivity contribution in [3.05, 3.63) is 53.3 Å². The van der Waals surface area contributed by atoms with Gasteiger partial charge in [0.1, 0.15) is 11.6 Å². The summed E-state index contributed by atoms with van der Waals surface area (Å²) in [5, 5.41) is 3.30. The van der Waals surface area contributed by atoms with Gasteiger partial charge in [-0.25, -0.2) is 9.78 Å². The molecule has 180 valence electrons. The number of ether oxygens (including phenoxy) is 2. The third kappa shape index (κ3) is 5.60. The van der Waals surface area contributed by atoms with Crippen LogP contribution in [0.1, 0.15) is 12.7 Å². The minimum Gasteiger partial charge on any atom is -0.482 e. The quantitative estimate of drug-likeness (QED) is 0.551. The molecule has 2 heterocycles. The minimum atomic E-state index is -0.283. The molecule has 0 spiro atoms. The van der Waals surface area contributed by atoms with Gasteiger partial charge in [-0.3, -0.25) is 9.69 Å². The molecule has 10 heteroatoms. The van der Waals surface area contributed by atoms with Crippen molar-refractivity contribution in [2.75, 3.05) is 44.7 Å². The van der Waals surface area contributed by atoms with Crippen molar-refractivity contribution in [2.24, 2.45) is 7.05 Å². The lowest BCUT2D eigenvalue weighted by Gasteiger charge is -2.33. The molecule has 34 heavy (non-hydrogen) atoms. The summed E-state index contributed by atoms with van der Waals surface area (Å²) >= 11 is 6.06. The van der Waals surface area contributed by atoms with Crippen LogP contribution in [-0.4, -0.2) is 70.7 Å². The smallest absolute Gasteiger partial charge is 0.409 e. The van der Waals surface area contributed by atoms with Gasteiger partial charge in [-0.15, -0.1) is 0 Å². The Hall–Kier alpha value is -3.30. The topological polar surface area (TPSA) is 88.9 Å². The summed E-state index contributed by atoms with van der Waals surface area (Å²) in [6.45, 7) is 5.51. The van der Waals surface area contributed by atoms with Crippen molar-refractivity contribution in [3.63, 3.8) is 0 Å². The zero-order chi connectivity index (χ0) is 24.1. The molecule has 0 radical (unpaired) electrons. The number of hydrogen-bond acceptors (Lipinski definition) is 6. The highest BCUT2D eigenvalue weighted by Crippen LogP contribution is 2.24. The van der Waals surface area contributed by atoms with Crippen LogP contribution >= 0.6 is 11.6 Å². The first-order chi connectivity index (χ1) is 16.4. The third-order valence-electron chi connectivity index (χ3n) is 5.72. The summed E-state index contributed by atoms with van der Waals surface area (Å²) in [6, 6.07) is 12.7. The summed E-state index contributed by atoms with van der Waals surface area (Å²) in [5.41, 5.74) is 2.42. The molecule has 1 saturated heterocycles. The Morgan fingerprint density at radius 1 is 1.12 bits per heavy atom. The van der Waals surface area contributed by atoms with Gasteiger partial charge in [0.05, 0.1) is 29.2 Å². The number of halogens is 1. The van der Waals surface area contributed by atoms with Crippen molar-refractivity contribution in [1.82, 2.24) is 19.4 Å². The lowest BCUT2D eigenvalue weighted by atomic mass is 10.2. The Balaban J connectivity index is 1.35. The van der Waals surface area contributed by atoms with Crippen molar-refractivity contribution in [1.29, 1.82) is 0 Å². The van der Waals surface area contributed by atoms with E-state index in [2.05, 4.69) is 14.8 Å². The lowest BCUT2D eigenvalue weighted by molar-refractivity contribution is -0.118. The Labute approximate surface area is 203 Å². The van der Waals surface area contributed by atoms with Gasteiger partial charge < -0.3 is 24.3 Å². The first-order valence-electron chi connectivity index (χ1n) is 11.2. The van der Waals surface area contributed by atoms with Gasteiger partial charge in [0.15, 0.2) is 6.61 Å². The number of benzene rings is 2. The van der Waals surface area contributed by atoms with Crippen molar-refractivity contribution in [2.45, 2.75) is 13.5 Å². The van der Waals surface area contributed by atoms with E-state index >= 15 is 0 Å². The zero-order valence-electron chi connectivity index (χ0n) is 19.3. The van der Waals surface area contributed by atoms with E-state index in [-0.39, 0.29) is 18.6 Å². The molecule has 1 aromatic heterocycles. The predicted octanol–water partition coefficient (Wildman–Crippen LogP) is 3.52. The van der Waals surface area contributed by atoms with Crippen LogP contribution in [0.15, 0.2) is 42.5 Å². The number of nitrogens with one attached hydrogen (secondary N) is 1. The van der Waals surface area contributed by atoms with E-state index in [9.17, 15) is 9.59 Å². The summed E-state index contributed by atoms with van der Waals surface area (Å²) in [5.74, 6) is 1.10. The number of fused-ring (bicyclic) bond motifs is 1. The van der Waals surface area contributed by atoms with E-state index in [1.165, 1.54) is 0 Å². The lowest BCUT2D eigenvalue weighted by Crippen LogP contribution is -2.48. The molecule has 4 rings (SSSR count). The largest absolute Gasteiger partial charge is 0.482 e. The Kier molecular flexibility index (Phi) is 7.54. The molecule has 0 atom stereocenters. The van der Waals surface area contributed by atoms with Gasteiger partial charge in [0, 0.05) is 38.9 Å². The van der Waals surface area contributed by atoms with Crippen LogP contribution in [-0.2, 0) is 23.1 Å². The van der Waals surface area contributed by atoms with Crippen LogP contribution in [0.5, 0.6) is 5.75 Å². The van der Waals surface area contributed by atoms with Gasteiger partial charge in [0.2, 0.25) is 0 Å². The molecule has 1 N–H and O–H groups in total. The minimum absolute atomic E-state index is 0.146. The van der Waals surface area contributed by atoms with Crippen LogP contribution in [0.4, 0.5) is 10.5 Å². The van der Waals surface area contributed by atoms with Gasteiger partial charge in [-0.1, -0.05) is 23.7 Å². The van der Waals surface area contributed by atoms with E-state index in [4.69, 9.17) is 26.1 Å². The first-order valence-corrected chi connectivity index (χ1v) is 11.6. The summed E-state index contributed by atoms with van der Waals surface area (Å²) in [4.78, 5) is 33.0. The number of rotatable bonds is 7. The average Bonchev–Trinajstić information content (AvgIpc) is 3.13. The Bertz CT molecular complexity index is 1170. The molecule has 0 bridgehead atoms. The molecule has 0 saturated carbocycles. The highest BCUT2D eigenvalue weighted by atomic mass is 35.5. The monoisotopic (exact) mass is 485 g/mol. The summed E-state index contributed by atoms with van der Waals surface area (Å²) in [6.07, 6.45) is -0.253. The van der Waals surface area contributed by atoms with Crippen molar-refractivity contribution < 1.29 is 19.1 Å². The number of imidazole rings is 1. The number of hydrogen-bond donors (Lipinski definition) is 1. The fourth-order valence-electron chi connectivity index (χ4n) is 3.87. The van der Waals surface area contributed by atoms with Gasteiger partial charge in [-0.2, -0.15) is 0 Å². The maximum Gasteiger partial charge on any atom is 0.409 e. The molecule has 2 amide bonds. The average molecular weight is 486 g/mol. The Morgan fingerprint density at radius 2 is 1.88 bits per heavy atom. The number of carbonyl (C=O) groups is 2. The first kappa shape index (κ1) is 23.8. The number of amides is 2. The summed E-state index contributed by atoms with van der Waals surface area (Å²) in [7, 11) is 1.98. The summed E-state index contributed by atoms with van der Waals surface area (Å²) < 4.78 is 12.6. The van der Waals surface area contributed by atoms with E-state index < -0.39 is 0 Å². The molecule has 2 aromatic carbocycles. The molecular weight excluding hydrogens is 458 g/mol. The molecular formula is C24H28ClN5O4. The number of nitrogens with zero attached hydrogens (tertiary/aromatic N) is 4. The second-order valence-electron chi connectivity index (χ2n) is 8.02. The van der Waals surface area contributed by atoms with Gasteiger partial charge in [0.25, 0.3) is 5.91 Å². The fourth-order valence-corrected chi connectivity index (χ4v) is 4.06. The number of aromatic nitrogens is 2. The van der Waals surface area contributed by atoms with Crippen LogP contribution in [0.3, 0.4) is 0 Å². The molecule has 1 aliphatic rings. The normalized spacial score (nSPS) is 14.3. The van der Waals surface area contributed by atoms with E-state index in [0.717, 1.165) is 29.9 Å². The number of carbonyl (C=O) groups excluding carboxylic acids is 2. The fraction of sp³-hybridized carbons (Fsp3) is 0.375. The van der Waals surface area contributed by atoms with Gasteiger partial charge >= 0.3 is 6.09 Å². The van der Waals surface area contributed by atoms with Crippen LogP contribution in [0.25, 0.3) is 11.0 Å². The highest BCUT2D eigenvalue weighted by Gasteiger charge is 2.23. The van der Waals surface area contributed by atoms with E-state index in [1.807, 2.05) is 32.2 Å². The molecule has 3 aromatic rings. The second kappa shape index (κ2) is 10.8. The van der Waals surface area contributed by atoms with E-state index in [1.54, 1.807) is 29.2 Å². The highest BCUT2D eigenvalue weighted by molar-refractivity contribution is 6.32. The molecule has 1 aliphatic heterocycles. The maximum absolute atomic E-state index is 12.3. The van der Waals surface area contributed by atoms with Crippen molar-refractivity contribution >= 4 is 40.3 Å². The zero-order valence-corrected chi connectivity index (χ0v) is 20.0. The molecule has 0 unspecified atom stereocenters. The molecule has 9 nitrogen and oxygen atoms in total. The SMILES string of the molecule is CCOC(=O)N1CCN(Cc2nc3cc(NC(=O)COc4ccccc4Cl)ccc3n2C)CC1. The maximum atomic E-state index is 12.3. The number of aryl methyl sites for hydroxylation is 1. The van der Waals surface area contributed by atoms with Crippen LogP contribution < -0.4 is 10.1 Å². The van der Waals surface area contributed by atoms with Gasteiger partial charge in [-0.05, 0) is 37.3 Å². The molecule has 0 aliphatic carbocycles. The predicted molar refractivity (Wildman–Crippen MR) is 130 cm³/mol. The molecule has 1 fully saturated rings. The second-order valence-corrected chi connectivity index (χ2v) is 8.43. The Morgan fingerprint density at radius 3 is 2.62 bits per heavy atom. The standard InChI is InChI=1S/C24H28ClN5O4/c1-3-33-24(32)30-12-10-29(11-13-30)15-22-27-19-14-17(8-9-20(19)28(22)2)26-23(31)16-34-21-7-5-4-6-18(21)25/h4-9,14H,3,10-13,15-16H2,1-2H3,(H,26,31).